The molecule has 3 heterocycles. The third-order valence-corrected chi connectivity index (χ3v) is 4.23. The van der Waals surface area contributed by atoms with Crippen LogP contribution in [0.15, 0.2) is 30.9 Å². The summed E-state index contributed by atoms with van der Waals surface area (Å²) in [5, 5.41) is 0.374. The molecule has 1 fully saturated rings. The molecule has 1 amide bonds. The van der Waals surface area contributed by atoms with Crippen LogP contribution in [0.5, 0.6) is 5.88 Å². The summed E-state index contributed by atoms with van der Waals surface area (Å²) in [6, 6.07) is 1.65. The van der Waals surface area contributed by atoms with Crippen LogP contribution in [-0.4, -0.2) is 59.0 Å². The molecule has 2 aromatic rings. The van der Waals surface area contributed by atoms with Crippen molar-refractivity contribution in [2.45, 2.75) is 6.42 Å². The Balaban J connectivity index is 1.74. The number of halogens is 1. The van der Waals surface area contributed by atoms with Gasteiger partial charge in [0.2, 0.25) is 0 Å². The molecule has 126 valence electrons. The molecule has 24 heavy (non-hydrogen) atoms. The third kappa shape index (κ3) is 3.41. The lowest BCUT2D eigenvalue weighted by Gasteiger charge is -2.23. The average molecular weight is 348 g/mol. The van der Waals surface area contributed by atoms with Gasteiger partial charge in [-0.3, -0.25) is 9.78 Å². The number of ether oxygens (including phenoxy) is 1. The average Bonchev–Trinajstić information content (AvgIpc) is 2.87. The minimum atomic E-state index is -0.0737. The molecule has 1 aliphatic rings. The number of hydrogen-bond donors (Lipinski definition) is 0. The summed E-state index contributed by atoms with van der Waals surface area (Å²) in [5.74, 6) is 1.13. The first kappa shape index (κ1) is 16.4. The second-order valence-corrected chi connectivity index (χ2v) is 5.78. The van der Waals surface area contributed by atoms with Crippen molar-refractivity contribution in [2.24, 2.45) is 0 Å². The number of anilines is 1. The summed E-state index contributed by atoms with van der Waals surface area (Å²) >= 11 is 6.09. The second-order valence-electron chi connectivity index (χ2n) is 5.38. The van der Waals surface area contributed by atoms with Crippen LogP contribution >= 0.6 is 11.6 Å². The molecule has 0 bridgehead atoms. The Kier molecular flexibility index (Phi) is 5.10. The van der Waals surface area contributed by atoms with Crippen molar-refractivity contribution in [1.82, 2.24) is 19.9 Å². The lowest BCUT2D eigenvalue weighted by atomic mass is 10.2. The van der Waals surface area contributed by atoms with Gasteiger partial charge >= 0.3 is 0 Å². The number of methoxy groups -OCH3 is 1. The van der Waals surface area contributed by atoms with Crippen LogP contribution in [0.2, 0.25) is 5.02 Å². The molecule has 0 aliphatic carbocycles. The molecule has 3 rings (SSSR count). The standard InChI is InChI=1S/C16H18ClN5O2/c1-24-15-14(19-5-6-20-15)21-7-2-8-22(10-9-21)16(23)12-3-4-18-11-13(12)17/h3-6,11H,2,7-10H2,1H3. The molecule has 1 saturated heterocycles. The van der Waals surface area contributed by atoms with E-state index in [2.05, 4.69) is 19.9 Å². The number of carbonyl (C=O) groups is 1. The van der Waals surface area contributed by atoms with Gasteiger partial charge in [0.15, 0.2) is 5.82 Å². The van der Waals surface area contributed by atoms with Crippen molar-refractivity contribution in [1.29, 1.82) is 0 Å². The van der Waals surface area contributed by atoms with Crippen LogP contribution in [0.4, 0.5) is 5.82 Å². The third-order valence-electron chi connectivity index (χ3n) is 3.93. The Labute approximate surface area is 145 Å². The molecule has 0 atom stereocenters. The molecule has 1 aliphatic heterocycles. The minimum absolute atomic E-state index is 0.0737. The monoisotopic (exact) mass is 347 g/mol. The number of nitrogens with zero attached hydrogens (tertiary/aromatic N) is 5. The van der Waals surface area contributed by atoms with E-state index in [-0.39, 0.29) is 5.91 Å². The van der Waals surface area contributed by atoms with Crippen molar-refractivity contribution in [2.75, 3.05) is 38.2 Å². The molecular weight excluding hydrogens is 330 g/mol. The summed E-state index contributed by atoms with van der Waals surface area (Å²) < 4.78 is 5.28. The minimum Gasteiger partial charge on any atom is -0.478 e. The highest BCUT2D eigenvalue weighted by Gasteiger charge is 2.24. The first-order valence-corrected chi connectivity index (χ1v) is 8.07. The summed E-state index contributed by atoms with van der Waals surface area (Å²) in [6.45, 7) is 2.68. The quantitative estimate of drug-likeness (QED) is 0.844. The van der Waals surface area contributed by atoms with Crippen molar-refractivity contribution in [3.05, 3.63) is 41.4 Å². The van der Waals surface area contributed by atoms with E-state index in [1.807, 2.05) is 4.90 Å². The molecule has 0 saturated carbocycles. The Morgan fingerprint density at radius 3 is 2.79 bits per heavy atom. The van der Waals surface area contributed by atoms with E-state index in [1.54, 1.807) is 31.8 Å². The number of carbonyl (C=O) groups excluding carboxylic acids is 1. The van der Waals surface area contributed by atoms with E-state index < -0.39 is 0 Å². The largest absolute Gasteiger partial charge is 0.478 e. The maximum atomic E-state index is 12.7. The highest BCUT2D eigenvalue weighted by Crippen LogP contribution is 2.24. The molecule has 0 radical (unpaired) electrons. The van der Waals surface area contributed by atoms with Gasteiger partial charge in [-0.15, -0.1) is 0 Å². The van der Waals surface area contributed by atoms with Crippen LogP contribution in [0.25, 0.3) is 0 Å². The zero-order valence-corrected chi connectivity index (χ0v) is 14.1. The van der Waals surface area contributed by atoms with Crippen LogP contribution in [0, 0.1) is 0 Å². The Morgan fingerprint density at radius 1 is 1.17 bits per heavy atom. The number of rotatable bonds is 3. The summed E-state index contributed by atoms with van der Waals surface area (Å²) in [6.07, 6.45) is 7.13. The first-order valence-electron chi connectivity index (χ1n) is 7.69. The molecule has 0 spiro atoms. The Morgan fingerprint density at radius 2 is 2.00 bits per heavy atom. The molecule has 0 aromatic carbocycles. The predicted octanol–water partition coefficient (Wildman–Crippen LogP) is 1.89. The van der Waals surface area contributed by atoms with Crippen molar-refractivity contribution >= 4 is 23.3 Å². The van der Waals surface area contributed by atoms with Crippen LogP contribution in [-0.2, 0) is 0 Å². The molecule has 0 unspecified atom stereocenters. The van der Waals surface area contributed by atoms with Crippen LogP contribution < -0.4 is 9.64 Å². The van der Waals surface area contributed by atoms with Gasteiger partial charge in [0.1, 0.15) is 0 Å². The van der Waals surface area contributed by atoms with E-state index in [0.29, 0.717) is 41.9 Å². The molecular formula is C16H18ClN5O2. The van der Waals surface area contributed by atoms with E-state index in [9.17, 15) is 4.79 Å². The SMILES string of the molecule is COc1nccnc1N1CCCN(C(=O)c2ccncc2Cl)CC1. The molecule has 7 nitrogen and oxygen atoms in total. The van der Waals surface area contributed by atoms with Crippen LogP contribution in [0.1, 0.15) is 16.8 Å². The van der Waals surface area contributed by atoms with E-state index in [0.717, 1.165) is 13.0 Å². The topological polar surface area (TPSA) is 71.5 Å². The van der Waals surface area contributed by atoms with Gasteiger partial charge < -0.3 is 14.5 Å². The van der Waals surface area contributed by atoms with Crippen molar-refractivity contribution < 1.29 is 9.53 Å². The fourth-order valence-corrected chi connectivity index (χ4v) is 2.93. The van der Waals surface area contributed by atoms with E-state index in [1.165, 1.54) is 6.20 Å². The maximum Gasteiger partial charge on any atom is 0.257 e. The predicted molar refractivity (Wildman–Crippen MR) is 90.6 cm³/mol. The van der Waals surface area contributed by atoms with Gasteiger partial charge in [-0.1, -0.05) is 11.6 Å². The van der Waals surface area contributed by atoms with E-state index in [4.69, 9.17) is 16.3 Å². The fourth-order valence-electron chi connectivity index (χ4n) is 2.73. The lowest BCUT2D eigenvalue weighted by Crippen LogP contribution is -2.35. The normalized spacial score (nSPS) is 15.1. The Hall–Kier alpha value is -2.41. The van der Waals surface area contributed by atoms with Gasteiger partial charge in [0.25, 0.3) is 11.8 Å². The zero-order chi connectivity index (χ0) is 16.9. The zero-order valence-electron chi connectivity index (χ0n) is 13.4. The maximum absolute atomic E-state index is 12.7. The van der Waals surface area contributed by atoms with Gasteiger partial charge in [0.05, 0.1) is 17.7 Å². The fraction of sp³-hybridized carbons (Fsp3) is 0.375. The number of aromatic nitrogens is 3. The second kappa shape index (κ2) is 7.44. The van der Waals surface area contributed by atoms with Gasteiger partial charge in [-0.05, 0) is 12.5 Å². The number of pyridine rings is 1. The summed E-state index contributed by atoms with van der Waals surface area (Å²) in [7, 11) is 1.58. The first-order chi connectivity index (χ1) is 11.7. The van der Waals surface area contributed by atoms with Gasteiger partial charge in [-0.2, -0.15) is 0 Å². The van der Waals surface area contributed by atoms with Crippen molar-refractivity contribution in [3.63, 3.8) is 0 Å². The van der Waals surface area contributed by atoms with Gasteiger partial charge in [-0.25, -0.2) is 9.97 Å². The summed E-state index contributed by atoms with van der Waals surface area (Å²) in [4.78, 5) is 29.1. The van der Waals surface area contributed by atoms with Crippen molar-refractivity contribution in [3.8, 4) is 5.88 Å². The molecule has 2 aromatic heterocycles. The van der Waals surface area contributed by atoms with Crippen LogP contribution in [0.3, 0.4) is 0 Å². The highest BCUT2D eigenvalue weighted by atomic mass is 35.5. The number of amides is 1. The summed E-state index contributed by atoms with van der Waals surface area (Å²) in [5.41, 5.74) is 0.484. The molecule has 0 N–H and O–H groups in total. The Bertz CT molecular complexity index is 727. The highest BCUT2D eigenvalue weighted by molar-refractivity contribution is 6.33. The van der Waals surface area contributed by atoms with E-state index >= 15 is 0 Å². The number of hydrogen-bond acceptors (Lipinski definition) is 6. The molecule has 8 heteroatoms. The smallest absolute Gasteiger partial charge is 0.257 e. The van der Waals surface area contributed by atoms with Gasteiger partial charge in [0, 0.05) is 51.0 Å². The lowest BCUT2D eigenvalue weighted by molar-refractivity contribution is 0.0767.